The maximum Gasteiger partial charge on any atom is 0.135 e. The number of nitriles is 1. The average Bonchev–Trinajstić information content (AvgIpc) is 2.55. The molecule has 0 saturated carbocycles. The van der Waals surface area contributed by atoms with E-state index in [1.54, 1.807) is 6.20 Å². The van der Waals surface area contributed by atoms with Crippen LogP contribution in [0.1, 0.15) is 26.3 Å². The van der Waals surface area contributed by atoms with Gasteiger partial charge in [-0.05, 0) is 45.2 Å². The smallest absolute Gasteiger partial charge is 0.135 e. The zero-order chi connectivity index (χ0) is 17.3. The van der Waals surface area contributed by atoms with Crippen molar-refractivity contribution in [1.29, 1.82) is 5.26 Å². The summed E-state index contributed by atoms with van der Waals surface area (Å²) >= 11 is 5.75. The Morgan fingerprint density at radius 2 is 2.04 bits per heavy atom. The third-order valence-electron chi connectivity index (χ3n) is 3.22. The van der Waals surface area contributed by atoms with Gasteiger partial charge in [-0.2, -0.15) is 5.26 Å². The molecule has 0 saturated heterocycles. The van der Waals surface area contributed by atoms with Crippen molar-refractivity contribution in [2.45, 2.75) is 26.2 Å². The molecule has 0 aromatic heterocycles. The quantitative estimate of drug-likeness (QED) is 0.271. The van der Waals surface area contributed by atoms with Crippen LogP contribution in [0.15, 0.2) is 58.2 Å². The summed E-state index contributed by atoms with van der Waals surface area (Å²) in [4.78, 5) is 8.05. The van der Waals surface area contributed by atoms with Gasteiger partial charge in [0.1, 0.15) is 11.8 Å². The van der Waals surface area contributed by atoms with Crippen LogP contribution in [0.5, 0.6) is 0 Å². The standard InChI is InChI=1S/C18H21ClN4/c1-5-6-14(11-21-4)17(22-13-19)23-16-9-7-15(8-10-16)18(2,3)12-20/h5-11H,4,13H2,1-3H3,(H,22,23)/b6-5+,14-11-. The first-order valence-corrected chi connectivity index (χ1v) is 7.70. The second-order valence-corrected chi connectivity index (χ2v) is 5.57. The number of hydrogen-bond donors (Lipinski definition) is 1. The van der Waals surface area contributed by atoms with Gasteiger partial charge in [-0.15, -0.1) is 11.6 Å². The Kier molecular flexibility index (Phi) is 7.24. The maximum absolute atomic E-state index is 9.19. The van der Waals surface area contributed by atoms with Crippen LogP contribution < -0.4 is 5.32 Å². The van der Waals surface area contributed by atoms with E-state index in [9.17, 15) is 5.26 Å². The molecule has 23 heavy (non-hydrogen) atoms. The predicted octanol–water partition coefficient (Wildman–Crippen LogP) is 4.66. The molecule has 4 nitrogen and oxygen atoms in total. The Bertz CT molecular complexity index is 661. The molecule has 1 aromatic rings. The number of aliphatic imine (C=N–C) groups is 2. The number of benzene rings is 1. The van der Waals surface area contributed by atoms with Gasteiger partial charge in [0.25, 0.3) is 0 Å². The van der Waals surface area contributed by atoms with Gasteiger partial charge in [-0.1, -0.05) is 24.3 Å². The molecule has 0 atom stereocenters. The van der Waals surface area contributed by atoms with E-state index in [2.05, 4.69) is 28.1 Å². The number of anilines is 1. The van der Waals surface area contributed by atoms with E-state index in [1.807, 2.05) is 57.2 Å². The number of hydrogen-bond acceptors (Lipinski definition) is 3. The molecule has 120 valence electrons. The minimum Gasteiger partial charge on any atom is -0.340 e. The topological polar surface area (TPSA) is 60.5 Å². The first-order chi connectivity index (χ1) is 11.0. The van der Waals surface area contributed by atoms with Crippen LogP contribution in [0.3, 0.4) is 0 Å². The molecular formula is C18H21ClN4. The Morgan fingerprint density at radius 3 is 2.52 bits per heavy atom. The second kappa shape index (κ2) is 8.92. The highest BCUT2D eigenvalue weighted by Gasteiger charge is 2.19. The number of amidine groups is 1. The number of alkyl halides is 1. The Labute approximate surface area is 142 Å². The van der Waals surface area contributed by atoms with Gasteiger partial charge >= 0.3 is 0 Å². The third-order valence-corrected chi connectivity index (χ3v) is 3.34. The molecule has 5 heteroatoms. The van der Waals surface area contributed by atoms with Crippen LogP contribution >= 0.6 is 11.6 Å². The van der Waals surface area contributed by atoms with Crippen molar-refractivity contribution >= 4 is 29.8 Å². The molecule has 0 radical (unpaired) electrons. The van der Waals surface area contributed by atoms with Gasteiger partial charge in [0.05, 0.1) is 11.5 Å². The fourth-order valence-electron chi connectivity index (χ4n) is 1.90. The normalized spacial score (nSPS) is 13.0. The van der Waals surface area contributed by atoms with Crippen LogP contribution in [0.2, 0.25) is 0 Å². The minimum atomic E-state index is -0.519. The summed E-state index contributed by atoms with van der Waals surface area (Å²) in [5, 5.41) is 12.4. The van der Waals surface area contributed by atoms with Gasteiger partial charge in [-0.3, -0.25) is 9.98 Å². The summed E-state index contributed by atoms with van der Waals surface area (Å²) in [6.45, 7) is 9.16. The molecule has 1 rings (SSSR count). The summed E-state index contributed by atoms with van der Waals surface area (Å²) in [7, 11) is 0. The number of nitrogens with one attached hydrogen (secondary N) is 1. The summed E-state index contributed by atoms with van der Waals surface area (Å²) in [5.74, 6) is 0.609. The molecule has 1 aromatic carbocycles. The average molecular weight is 329 g/mol. The van der Waals surface area contributed by atoms with E-state index < -0.39 is 5.41 Å². The number of nitrogens with zero attached hydrogens (tertiary/aromatic N) is 3. The molecule has 0 aliphatic carbocycles. The van der Waals surface area contributed by atoms with Crippen molar-refractivity contribution in [2.75, 3.05) is 11.3 Å². The lowest BCUT2D eigenvalue weighted by atomic mass is 9.86. The summed E-state index contributed by atoms with van der Waals surface area (Å²) in [6, 6.07) is 10.1. The van der Waals surface area contributed by atoms with Crippen molar-refractivity contribution < 1.29 is 0 Å². The highest BCUT2D eigenvalue weighted by Crippen LogP contribution is 2.23. The predicted molar refractivity (Wildman–Crippen MR) is 99.3 cm³/mol. The van der Waals surface area contributed by atoms with E-state index >= 15 is 0 Å². The Morgan fingerprint density at radius 1 is 1.39 bits per heavy atom. The fraction of sp³-hybridized carbons (Fsp3) is 0.278. The van der Waals surface area contributed by atoms with Crippen molar-refractivity contribution in [2.24, 2.45) is 9.98 Å². The fourth-order valence-corrected chi connectivity index (χ4v) is 2.01. The largest absolute Gasteiger partial charge is 0.340 e. The van der Waals surface area contributed by atoms with Crippen molar-refractivity contribution in [3.05, 3.63) is 53.8 Å². The van der Waals surface area contributed by atoms with Crippen LogP contribution in [0.25, 0.3) is 0 Å². The molecule has 0 unspecified atom stereocenters. The van der Waals surface area contributed by atoms with Crippen molar-refractivity contribution in [3.8, 4) is 6.07 Å². The summed E-state index contributed by atoms with van der Waals surface area (Å²) < 4.78 is 0. The third kappa shape index (κ3) is 5.39. The first kappa shape index (κ1) is 18.7. The molecule has 0 heterocycles. The second-order valence-electron chi connectivity index (χ2n) is 5.33. The molecule has 0 aliphatic heterocycles. The van der Waals surface area contributed by atoms with Gasteiger partial charge in [-0.25, -0.2) is 0 Å². The van der Waals surface area contributed by atoms with Gasteiger partial charge < -0.3 is 5.32 Å². The monoisotopic (exact) mass is 328 g/mol. The van der Waals surface area contributed by atoms with Crippen molar-refractivity contribution in [3.63, 3.8) is 0 Å². The lowest BCUT2D eigenvalue weighted by Crippen LogP contribution is -2.16. The molecule has 0 aliphatic rings. The number of allylic oxidation sites excluding steroid dienone is 1. The lowest BCUT2D eigenvalue weighted by Gasteiger charge is -2.17. The van der Waals surface area contributed by atoms with E-state index in [4.69, 9.17) is 11.6 Å². The molecular weight excluding hydrogens is 308 g/mol. The number of rotatable bonds is 6. The maximum atomic E-state index is 9.19. The van der Waals surface area contributed by atoms with E-state index in [1.165, 1.54) is 0 Å². The van der Waals surface area contributed by atoms with Crippen LogP contribution in [0.4, 0.5) is 5.69 Å². The molecule has 0 bridgehead atoms. The van der Waals surface area contributed by atoms with Gasteiger partial charge in [0.15, 0.2) is 0 Å². The zero-order valence-corrected chi connectivity index (χ0v) is 14.4. The minimum absolute atomic E-state index is 0.133. The van der Waals surface area contributed by atoms with Gasteiger partial charge in [0, 0.05) is 17.5 Å². The Hall–Kier alpha value is -2.38. The SMILES string of the molecule is C=N/C=C(/C=C/C)C(=N/CCl)\Nc1ccc(C(C)(C)C#N)cc1. The highest BCUT2D eigenvalue weighted by atomic mass is 35.5. The van der Waals surface area contributed by atoms with Crippen LogP contribution in [0, 0.1) is 11.3 Å². The molecule has 1 N–H and O–H groups in total. The Balaban J connectivity index is 3.07. The van der Waals surface area contributed by atoms with E-state index in [0.29, 0.717) is 5.84 Å². The zero-order valence-electron chi connectivity index (χ0n) is 13.7. The molecule has 0 amide bonds. The van der Waals surface area contributed by atoms with Crippen LogP contribution in [-0.2, 0) is 5.41 Å². The van der Waals surface area contributed by atoms with E-state index in [-0.39, 0.29) is 6.00 Å². The number of halogens is 1. The molecule has 0 spiro atoms. The molecule has 0 fully saturated rings. The van der Waals surface area contributed by atoms with Crippen LogP contribution in [-0.4, -0.2) is 18.6 Å². The highest BCUT2D eigenvalue weighted by molar-refractivity contribution is 6.19. The van der Waals surface area contributed by atoms with Gasteiger partial charge in [0.2, 0.25) is 0 Å². The first-order valence-electron chi connectivity index (χ1n) is 7.16. The lowest BCUT2D eigenvalue weighted by molar-refractivity contribution is 0.687. The van der Waals surface area contributed by atoms with Crippen molar-refractivity contribution in [1.82, 2.24) is 0 Å². The summed E-state index contributed by atoms with van der Waals surface area (Å²) in [6.07, 6.45) is 5.38. The van der Waals surface area contributed by atoms with E-state index in [0.717, 1.165) is 16.8 Å². The summed E-state index contributed by atoms with van der Waals surface area (Å²) in [5.41, 5.74) is 2.07.